The van der Waals surface area contributed by atoms with Crippen LogP contribution in [-0.2, 0) is 10.9 Å². The Morgan fingerprint density at radius 1 is 1.08 bits per heavy atom. The van der Waals surface area contributed by atoms with E-state index in [0.717, 1.165) is 11.6 Å². The van der Waals surface area contributed by atoms with Crippen LogP contribution in [0.2, 0.25) is 0 Å². The van der Waals surface area contributed by atoms with Gasteiger partial charge in [-0.3, -0.25) is 19.2 Å². The summed E-state index contributed by atoms with van der Waals surface area (Å²) in [7, 11) is 0. The molecule has 0 saturated carbocycles. The first-order valence-corrected chi connectivity index (χ1v) is 11.7. The lowest BCUT2D eigenvalue weighted by atomic mass is 10.1. The first kappa shape index (κ1) is 24.8. The number of nitrogens with one attached hydrogen (secondary N) is 1. The van der Waals surface area contributed by atoms with Crippen LogP contribution in [0.3, 0.4) is 0 Å². The van der Waals surface area contributed by atoms with E-state index in [1.807, 2.05) is 13.0 Å². The molecule has 1 amide bonds. The molecule has 192 valence electrons. The van der Waals surface area contributed by atoms with E-state index in [4.69, 9.17) is 4.74 Å². The monoisotopic (exact) mass is 511 g/mol. The number of alkyl halides is 3. The molecule has 0 aliphatic carbocycles. The van der Waals surface area contributed by atoms with Crippen molar-refractivity contribution in [2.45, 2.75) is 19.1 Å². The lowest BCUT2D eigenvalue weighted by molar-refractivity contribution is -0.141. The summed E-state index contributed by atoms with van der Waals surface area (Å²) in [6, 6.07) is 5.51. The fraction of sp³-hybridized carbons (Fsp3) is 0.320. The van der Waals surface area contributed by atoms with E-state index >= 15 is 0 Å². The summed E-state index contributed by atoms with van der Waals surface area (Å²) in [5, 5.41) is 3.64. The highest BCUT2D eigenvalue weighted by atomic mass is 19.4. The van der Waals surface area contributed by atoms with Gasteiger partial charge in [0.05, 0.1) is 24.8 Å². The van der Waals surface area contributed by atoms with Gasteiger partial charge in [0.2, 0.25) is 5.95 Å². The summed E-state index contributed by atoms with van der Waals surface area (Å²) in [5.41, 5.74) is 1.43. The molecule has 9 nitrogen and oxygen atoms in total. The highest BCUT2D eigenvalue weighted by Crippen LogP contribution is 2.29. The topological polar surface area (TPSA) is 98.1 Å². The van der Waals surface area contributed by atoms with Gasteiger partial charge in [-0.2, -0.15) is 13.2 Å². The molecule has 1 N–H and O–H groups in total. The van der Waals surface area contributed by atoms with Gasteiger partial charge >= 0.3 is 6.18 Å². The Labute approximate surface area is 210 Å². The van der Waals surface area contributed by atoms with Gasteiger partial charge in [-0.1, -0.05) is 6.07 Å². The predicted octanol–water partition coefficient (Wildman–Crippen LogP) is 3.34. The van der Waals surface area contributed by atoms with E-state index in [1.165, 1.54) is 12.3 Å². The van der Waals surface area contributed by atoms with Gasteiger partial charge in [0, 0.05) is 56.0 Å². The second-order valence-corrected chi connectivity index (χ2v) is 8.64. The van der Waals surface area contributed by atoms with Crippen LogP contribution in [0.5, 0.6) is 0 Å². The molecule has 4 aromatic heterocycles. The number of aryl methyl sites for hydroxylation is 1. The van der Waals surface area contributed by atoms with Crippen molar-refractivity contribution in [1.82, 2.24) is 34.7 Å². The molecule has 0 bridgehead atoms. The Kier molecular flexibility index (Phi) is 6.85. The SMILES string of the molecule is Cc1ccnc2c1c(C(=O)NCC(c1ccc(C(F)(F)F)nc1)N1CCOCC1)cn2-c1ncccn1. The molecule has 1 atom stereocenters. The van der Waals surface area contributed by atoms with Crippen molar-refractivity contribution in [1.29, 1.82) is 0 Å². The summed E-state index contributed by atoms with van der Waals surface area (Å²) >= 11 is 0. The number of nitrogens with zero attached hydrogens (tertiary/aromatic N) is 6. The van der Waals surface area contributed by atoms with Crippen molar-refractivity contribution in [3.05, 3.63) is 77.6 Å². The van der Waals surface area contributed by atoms with Gasteiger partial charge in [0.15, 0.2) is 0 Å². The zero-order chi connectivity index (χ0) is 26.0. The first-order chi connectivity index (χ1) is 17.8. The standard InChI is InChI=1S/C25H24F3N7O2/c1-16-5-8-29-22-21(16)18(15-35(22)24-30-6-2-7-31-24)23(36)33-14-19(34-9-11-37-12-10-34)17-3-4-20(32-13-17)25(26,27)28/h2-8,13,15,19H,9-12,14H2,1H3,(H,33,36). The van der Waals surface area contributed by atoms with Crippen LogP contribution in [0.1, 0.15) is 33.2 Å². The number of carbonyl (C=O) groups excluding carboxylic acids is 1. The largest absolute Gasteiger partial charge is 0.433 e. The van der Waals surface area contributed by atoms with Crippen LogP contribution in [0.25, 0.3) is 17.0 Å². The smallest absolute Gasteiger partial charge is 0.379 e. The third-order valence-corrected chi connectivity index (χ3v) is 6.31. The number of pyridine rings is 2. The third kappa shape index (κ3) is 5.16. The summed E-state index contributed by atoms with van der Waals surface area (Å²) in [4.78, 5) is 32.1. The average Bonchev–Trinajstić information content (AvgIpc) is 3.31. The van der Waals surface area contributed by atoms with Crippen molar-refractivity contribution >= 4 is 16.9 Å². The van der Waals surface area contributed by atoms with Gasteiger partial charge < -0.3 is 10.1 Å². The van der Waals surface area contributed by atoms with Crippen LogP contribution in [0, 0.1) is 6.92 Å². The fourth-order valence-corrected chi connectivity index (χ4v) is 4.46. The second-order valence-electron chi connectivity index (χ2n) is 8.64. The molecule has 1 unspecified atom stereocenters. The van der Waals surface area contributed by atoms with E-state index in [-0.39, 0.29) is 18.5 Å². The van der Waals surface area contributed by atoms with Gasteiger partial charge in [-0.15, -0.1) is 0 Å². The van der Waals surface area contributed by atoms with Crippen LogP contribution < -0.4 is 5.32 Å². The van der Waals surface area contributed by atoms with Crippen LogP contribution in [0.4, 0.5) is 13.2 Å². The van der Waals surface area contributed by atoms with Crippen molar-refractivity contribution in [2.24, 2.45) is 0 Å². The molecule has 37 heavy (non-hydrogen) atoms. The lowest BCUT2D eigenvalue weighted by Gasteiger charge is -2.34. The van der Waals surface area contributed by atoms with Gasteiger partial charge in [0.1, 0.15) is 11.3 Å². The molecule has 1 aliphatic heterocycles. The molecular formula is C25H24F3N7O2. The van der Waals surface area contributed by atoms with Crippen molar-refractivity contribution in [3.63, 3.8) is 0 Å². The number of ether oxygens (including phenoxy) is 1. The third-order valence-electron chi connectivity index (χ3n) is 6.31. The molecular weight excluding hydrogens is 487 g/mol. The molecule has 1 fully saturated rings. The maximum atomic E-state index is 13.5. The van der Waals surface area contributed by atoms with Gasteiger partial charge in [0.25, 0.3) is 5.91 Å². The van der Waals surface area contributed by atoms with Crippen molar-refractivity contribution in [2.75, 3.05) is 32.8 Å². The minimum atomic E-state index is -4.52. The molecule has 4 aromatic rings. The quantitative estimate of drug-likeness (QED) is 0.424. The van der Waals surface area contributed by atoms with E-state index in [2.05, 4.69) is 30.2 Å². The molecule has 1 aliphatic rings. The molecule has 5 rings (SSSR count). The second kappa shape index (κ2) is 10.2. The van der Waals surface area contributed by atoms with Crippen LogP contribution in [-0.4, -0.2) is 68.2 Å². The number of fused-ring (bicyclic) bond motifs is 1. The Hall–Kier alpha value is -3.90. The molecule has 0 radical (unpaired) electrons. The minimum absolute atomic E-state index is 0.166. The van der Waals surface area contributed by atoms with Crippen molar-refractivity contribution < 1.29 is 22.7 Å². The maximum absolute atomic E-state index is 13.5. The Bertz CT molecular complexity index is 1390. The highest BCUT2D eigenvalue weighted by Gasteiger charge is 2.33. The zero-order valence-corrected chi connectivity index (χ0v) is 19.9. The number of hydrogen-bond acceptors (Lipinski definition) is 7. The summed E-state index contributed by atoms with van der Waals surface area (Å²) in [6.07, 6.45) is 3.22. The van der Waals surface area contributed by atoms with E-state index in [1.54, 1.807) is 35.4 Å². The Balaban J connectivity index is 1.44. The number of morpholine rings is 1. The number of carbonyl (C=O) groups is 1. The average molecular weight is 512 g/mol. The van der Waals surface area contributed by atoms with Crippen LogP contribution in [0.15, 0.2) is 55.2 Å². The predicted molar refractivity (Wildman–Crippen MR) is 128 cm³/mol. The van der Waals surface area contributed by atoms with Gasteiger partial charge in [-0.05, 0) is 36.2 Å². The first-order valence-electron chi connectivity index (χ1n) is 11.7. The minimum Gasteiger partial charge on any atom is -0.379 e. The fourth-order valence-electron chi connectivity index (χ4n) is 4.46. The van der Waals surface area contributed by atoms with Gasteiger partial charge in [-0.25, -0.2) is 15.0 Å². The number of rotatable bonds is 6. The summed E-state index contributed by atoms with van der Waals surface area (Å²) in [6.45, 7) is 4.20. The van der Waals surface area contributed by atoms with Crippen molar-refractivity contribution in [3.8, 4) is 5.95 Å². The van der Waals surface area contributed by atoms with Crippen LogP contribution >= 0.6 is 0 Å². The molecule has 12 heteroatoms. The summed E-state index contributed by atoms with van der Waals surface area (Å²) < 4.78 is 46.2. The maximum Gasteiger partial charge on any atom is 0.433 e. The molecule has 1 saturated heterocycles. The highest BCUT2D eigenvalue weighted by molar-refractivity contribution is 6.07. The number of hydrogen-bond donors (Lipinski definition) is 1. The molecule has 0 spiro atoms. The zero-order valence-electron chi connectivity index (χ0n) is 19.9. The summed E-state index contributed by atoms with van der Waals surface area (Å²) in [5.74, 6) is 0.0422. The van der Waals surface area contributed by atoms with E-state index < -0.39 is 11.9 Å². The Morgan fingerprint density at radius 3 is 2.51 bits per heavy atom. The molecule has 0 aromatic carbocycles. The number of aromatic nitrogens is 5. The number of halogens is 3. The Morgan fingerprint density at radius 2 is 1.84 bits per heavy atom. The van der Waals surface area contributed by atoms with E-state index in [0.29, 0.717) is 54.4 Å². The lowest BCUT2D eigenvalue weighted by Crippen LogP contribution is -2.43. The number of amides is 1. The normalized spacial score (nSPS) is 15.6. The van der Waals surface area contributed by atoms with E-state index in [9.17, 15) is 18.0 Å². The molecule has 5 heterocycles.